The molecule has 0 aliphatic carbocycles. The average molecular weight is 458 g/mol. The van der Waals surface area contributed by atoms with Crippen LogP contribution in [0.2, 0.25) is 0 Å². The van der Waals surface area contributed by atoms with Crippen molar-refractivity contribution in [1.82, 2.24) is 19.5 Å². The summed E-state index contributed by atoms with van der Waals surface area (Å²) in [5.41, 5.74) is 9.51. The van der Waals surface area contributed by atoms with Crippen molar-refractivity contribution in [2.45, 2.75) is 54.5 Å². The van der Waals surface area contributed by atoms with Gasteiger partial charge in [-0.05, 0) is 70.0 Å². The molecule has 0 radical (unpaired) electrons. The third kappa shape index (κ3) is 5.84. The van der Waals surface area contributed by atoms with E-state index in [-0.39, 0.29) is 0 Å². The first-order valence-corrected chi connectivity index (χ1v) is 12.3. The Bertz CT molecular complexity index is 1220. The molecule has 0 spiro atoms. The van der Waals surface area contributed by atoms with Crippen molar-refractivity contribution in [3.8, 4) is 11.3 Å². The second-order valence-corrected chi connectivity index (χ2v) is 8.78. The maximum atomic E-state index is 4.90. The van der Waals surface area contributed by atoms with Crippen LogP contribution in [0.25, 0.3) is 16.9 Å². The highest BCUT2D eigenvalue weighted by atomic mass is 15.3. The summed E-state index contributed by atoms with van der Waals surface area (Å²) in [5, 5.41) is 8.15. The van der Waals surface area contributed by atoms with E-state index in [1.165, 1.54) is 22.3 Å². The smallest absolute Gasteiger partial charge is 0.160 e. The number of nitrogens with one attached hydrogen (secondary N) is 1. The van der Waals surface area contributed by atoms with Gasteiger partial charge in [0.15, 0.2) is 5.65 Å². The molecule has 5 nitrogen and oxygen atoms in total. The lowest BCUT2D eigenvalue weighted by Gasteiger charge is -2.19. The maximum absolute atomic E-state index is 4.90. The van der Waals surface area contributed by atoms with E-state index in [2.05, 4.69) is 98.6 Å². The lowest BCUT2D eigenvalue weighted by molar-refractivity contribution is 0.324. The third-order valence-corrected chi connectivity index (χ3v) is 6.25. The highest BCUT2D eigenvalue weighted by Gasteiger charge is 2.12. The largest absolute Gasteiger partial charge is 0.370 e. The Balaban J connectivity index is 0.00000158. The Hall–Kier alpha value is -3.18. The molecule has 0 unspecified atom stereocenters. The summed E-state index contributed by atoms with van der Waals surface area (Å²) in [6, 6.07) is 17.1. The standard InChI is InChI=1S/C27H33N5.C2H6/c1-19-11-8-12-23(22(19)4)18-31(5)15-9-14-28-26-16-25(24-13-7-6-10-20(24)2)30-27-21(3)17-29-32(26)27;1-2/h6-8,10-13,16-17,28H,9,14-15,18H2,1-5H3;1-2H3. The Morgan fingerprint density at radius 3 is 2.41 bits per heavy atom. The Morgan fingerprint density at radius 1 is 0.912 bits per heavy atom. The first kappa shape index (κ1) is 25.4. The molecular weight excluding hydrogens is 418 g/mol. The number of aryl methyl sites for hydroxylation is 3. The van der Waals surface area contributed by atoms with Gasteiger partial charge < -0.3 is 10.2 Å². The molecule has 2 aromatic heterocycles. The SMILES string of the molecule is CC.Cc1ccccc1-c1cc(NCCCN(C)Cc2cccc(C)c2C)n2ncc(C)c2n1. The number of hydrogen-bond acceptors (Lipinski definition) is 4. The fraction of sp³-hybridized carbons (Fsp3) is 0.379. The molecule has 2 aromatic carbocycles. The first-order valence-electron chi connectivity index (χ1n) is 12.3. The lowest BCUT2D eigenvalue weighted by Crippen LogP contribution is -2.22. The van der Waals surface area contributed by atoms with Gasteiger partial charge in [-0.15, -0.1) is 0 Å². The van der Waals surface area contributed by atoms with Gasteiger partial charge in [-0.25, -0.2) is 4.98 Å². The molecule has 0 aliphatic heterocycles. The second-order valence-electron chi connectivity index (χ2n) is 8.78. The Kier molecular flexibility index (Phi) is 8.83. The average Bonchev–Trinajstić information content (AvgIpc) is 3.22. The van der Waals surface area contributed by atoms with Crippen molar-refractivity contribution in [3.63, 3.8) is 0 Å². The molecular formula is C29H39N5. The van der Waals surface area contributed by atoms with Crippen LogP contribution in [0.3, 0.4) is 0 Å². The van der Waals surface area contributed by atoms with E-state index < -0.39 is 0 Å². The molecule has 0 amide bonds. The molecule has 1 N–H and O–H groups in total. The highest BCUT2D eigenvalue weighted by molar-refractivity contribution is 5.70. The van der Waals surface area contributed by atoms with Crippen LogP contribution < -0.4 is 5.32 Å². The van der Waals surface area contributed by atoms with Crippen molar-refractivity contribution in [2.75, 3.05) is 25.5 Å². The number of hydrogen-bond donors (Lipinski definition) is 1. The minimum absolute atomic E-state index is 0.877. The number of benzene rings is 2. The molecule has 0 fully saturated rings. The molecule has 180 valence electrons. The van der Waals surface area contributed by atoms with Crippen molar-refractivity contribution in [2.24, 2.45) is 0 Å². The fourth-order valence-electron chi connectivity index (χ4n) is 4.12. The van der Waals surface area contributed by atoms with Gasteiger partial charge >= 0.3 is 0 Å². The maximum Gasteiger partial charge on any atom is 0.160 e. The summed E-state index contributed by atoms with van der Waals surface area (Å²) in [4.78, 5) is 7.29. The molecule has 0 atom stereocenters. The van der Waals surface area contributed by atoms with Crippen LogP contribution in [0.1, 0.15) is 48.1 Å². The quantitative estimate of drug-likeness (QED) is 0.303. The summed E-state index contributed by atoms with van der Waals surface area (Å²) in [7, 11) is 2.19. The molecule has 0 bridgehead atoms. The zero-order valence-corrected chi connectivity index (χ0v) is 21.8. The number of fused-ring (bicyclic) bond motifs is 1. The Labute approximate surface area is 204 Å². The second kappa shape index (κ2) is 11.8. The molecule has 4 aromatic rings. The topological polar surface area (TPSA) is 45.5 Å². The summed E-state index contributed by atoms with van der Waals surface area (Å²) >= 11 is 0. The van der Waals surface area contributed by atoms with Crippen molar-refractivity contribution >= 4 is 11.5 Å². The molecule has 0 saturated heterocycles. The van der Waals surface area contributed by atoms with Gasteiger partial charge in [0.25, 0.3) is 0 Å². The number of aromatic nitrogens is 3. The molecule has 2 heterocycles. The molecule has 0 saturated carbocycles. The van der Waals surface area contributed by atoms with E-state index in [9.17, 15) is 0 Å². The predicted octanol–water partition coefficient (Wildman–Crippen LogP) is 6.59. The normalized spacial score (nSPS) is 10.9. The van der Waals surface area contributed by atoms with E-state index in [4.69, 9.17) is 4.98 Å². The molecule has 5 heteroatoms. The van der Waals surface area contributed by atoms with Gasteiger partial charge in [-0.2, -0.15) is 9.61 Å². The third-order valence-electron chi connectivity index (χ3n) is 6.25. The minimum Gasteiger partial charge on any atom is -0.370 e. The van der Waals surface area contributed by atoms with Crippen LogP contribution in [0, 0.1) is 27.7 Å². The number of nitrogens with zero attached hydrogens (tertiary/aromatic N) is 4. The predicted molar refractivity (Wildman–Crippen MR) is 145 cm³/mol. The monoisotopic (exact) mass is 457 g/mol. The van der Waals surface area contributed by atoms with Crippen LogP contribution >= 0.6 is 0 Å². The van der Waals surface area contributed by atoms with Gasteiger partial charge in [0, 0.05) is 30.3 Å². The van der Waals surface area contributed by atoms with Gasteiger partial charge in [0.05, 0.1) is 11.9 Å². The summed E-state index contributed by atoms with van der Waals surface area (Å²) in [6.07, 6.45) is 2.93. The molecule has 34 heavy (non-hydrogen) atoms. The highest BCUT2D eigenvalue weighted by Crippen LogP contribution is 2.26. The number of anilines is 1. The fourth-order valence-corrected chi connectivity index (χ4v) is 4.12. The van der Waals surface area contributed by atoms with E-state index in [1.807, 2.05) is 24.6 Å². The zero-order valence-electron chi connectivity index (χ0n) is 21.8. The number of rotatable bonds is 8. The van der Waals surface area contributed by atoms with E-state index in [0.29, 0.717) is 0 Å². The van der Waals surface area contributed by atoms with Crippen molar-refractivity contribution < 1.29 is 0 Å². The summed E-state index contributed by atoms with van der Waals surface area (Å²) < 4.78 is 1.91. The Morgan fingerprint density at radius 2 is 1.65 bits per heavy atom. The van der Waals surface area contributed by atoms with Crippen LogP contribution in [0.15, 0.2) is 54.7 Å². The van der Waals surface area contributed by atoms with Gasteiger partial charge in [0.1, 0.15) is 5.82 Å². The van der Waals surface area contributed by atoms with E-state index in [0.717, 1.165) is 54.3 Å². The van der Waals surface area contributed by atoms with E-state index in [1.54, 1.807) is 0 Å². The van der Waals surface area contributed by atoms with Crippen LogP contribution in [-0.2, 0) is 6.54 Å². The van der Waals surface area contributed by atoms with Crippen molar-refractivity contribution in [1.29, 1.82) is 0 Å². The zero-order chi connectivity index (χ0) is 24.7. The summed E-state index contributed by atoms with van der Waals surface area (Å²) in [6.45, 7) is 15.5. The van der Waals surface area contributed by atoms with Gasteiger partial charge in [-0.3, -0.25) is 0 Å². The van der Waals surface area contributed by atoms with E-state index >= 15 is 0 Å². The van der Waals surface area contributed by atoms with Gasteiger partial charge in [-0.1, -0.05) is 56.3 Å². The van der Waals surface area contributed by atoms with Crippen LogP contribution in [-0.4, -0.2) is 39.6 Å². The first-order chi connectivity index (χ1) is 16.4. The van der Waals surface area contributed by atoms with Crippen molar-refractivity contribution in [3.05, 3.63) is 82.5 Å². The van der Waals surface area contributed by atoms with Crippen LogP contribution in [0.5, 0.6) is 0 Å². The lowest BCUT2D eigenvalue weighted by atomic mass is 10.0. The van der Waals surface area contributed by atoms with Gasteiger partial charge in [0.2, 0.25) is 0 Å². The summed E-state index contributed by atoms with van der Waals surface area (Å²) in [5.74, 6) is 0.985. The molecule has 4 rings (SSSR count). The minimum atomic E-state index is 0.877. The van der Waals surface area contributed by atoms with Crippen LogP contribution in [0.4, 0.5) is 5.82 Å². The molecule has 0 aliphatic rings.